The molecule has 0 saturated carbocycles. The number of alkyl carbamates (subject to hydrolysis) is 2. The van der Waals surface area contributed by atoms with Gasteiger partial charge in [0.15, 0.2) is 0 Å². The number of hydrogen-bond donors (Lipinski definition) is 4. The van der Waals surface area contributed by atoms with E-state index in [1.807, 2.05) is 68.4 Å². The Kier molecular flexibility index (Phi) is 13.0. The molecule has 6 heterocycles. The maximum Gasteiger partial charge on any atom is 0.407 e. The first-order valence-electron chi connectivity index (χ1n) is 23.0. The van der Waals surface area contributed by atoms with Crippen LogP contribution in [0.3, 0.4) is 0 Å². The number of alkyl halides is 1. The summed E-state index contributed by atoms with van der Waals surface area (Å²) in [4.78, 5) is 71.3. The van der Waals surface area contributed by atoms with Crippen LogP contribution in [0.25, 0.3) is 44.7 Å². The molecule has 69 heavy (non-hydrogen) atoms. The molecule has 0 radical (unpaired) electrons. The summed E-state index contributed by atoms with van der Waals surface area (Å²) in [5.41, 5.74) is 6.11. The zero-order chi connectivity index (χ0) is 48.8. The molecular formula is C50H55ClFN9O8. The largest absolute Gasteiger partial charge is 0.497 e. The van der Waals surface area contributed by atoms with E-state index >= 15 is 4.39 Å². The number of carbonyl (C=O) groups excluding carboxylic acids is 4. The Morgan fingerprint density at radius 3 is 2.12 bits per heavy atom. The zero-order valence-electron chi connectivity index (χ0n) is 39.3. The van der Waals surface area contributed by atoms with Crippen molar-refractivity contribution >= 4 is 46.5 Å². The Hall–Kier alpha value is -7.08. The van der Waals surface area contributed by atoms with Crippen molar-refractivity contribution in [2.75, 3.05) is 34.4 Å². The fourth-order valence-corrected chi connectivity index (χ4v) is 10.1. The summed E-state index contributed by atoms with van der Waals surface area (Å²) in [5.74, 6) is 1.21. The third-order valence-corrected chi connectivity index (χ3v) is 13.6. The molecule has 3 aliphatic heterocycles. The van der Waals surface area contributed by atoms with Gasteiger partial charge in [-0.1, -0.05) is 57.5 Å². The van der Waals surface area contributed by atoms with Gasteiger partial charge >= 0.3 is 12.2 Å². The number of halogens is 2. The van der Waals surface area contributed by atoms with Crippen molar-refractivity contribution in [2.45, 2.75) is 83.5 Å². The van der Waals surface area contributed by atoms with Gasteiger partial charge in [0.05, 0.1) is 85.5 Å². The number of rotatable bonds is 12. The molecule has 3 aromatic heterocycles. The number of H-pyrrole nitrogens is 2. The number of nitrogens with zero attached hydrogens (tertiary/aromatic N) is 5. The molecule has 2 saturated heterocycles. The van der Waals surface area contributed by atoms with Crippen molar-refractivity contribution in [3.8, 4) is 45.3 Å². The van der Waals surface area contributed by atoms with Crippen molar-refractivity contribution in [3.05, 3.63) is 95.3 Å². The van der Waals surface area contributed by atoms with Crippen LogP contribution in [0.5, 0.6) is 11.5 Å². The third kappa shape index (κ3) is 8.93. The van der Waals surface area contributed by atoms with Crippen molar-refractivity contribution in [1.82, 2.24) is 44.9 Å². The molecular weight excluding hydrogens is 909 g/mol. The molecule has 9 rings (SSSR count). The number of likely N-dealkylation sites (tertiary alicyclic amines) is 2. The lowest BCUT2D eigenvalue weighted by atomic mass is 10.0. The Morgan fingerprint density at radius 1 is 0.812 bits per heavy atom. The Labute approximate surface area is 403 Å². The highest BCUT2D eigenvalue weighted by molar-refractivity contribution is 6.34. The summed E-state index contributed by atoms with van der Waals surface area (Å²) in [6, 6.07) is 16.9. The quantitative estimate of drug-likeness (QED) is 0.0920. The molecule has 19 heteroatoms. The maximum absolute atomic E-state index is 15.1. The number of nitrogens with one attached hydrogen (secondary N) is 4. The van der Waals surface area contributed by atoms with Gasteiger partial charge in [0, 0.05) is 35.0 Å². The highest BCUT2D eigenvalue weighted by Gasteiger charge is 2.42. The smallest absolute Gasteiger partial charge is 0.407 e. The molecule has 17 nitrogen and oxygen atoms in total. The van der Waals surface area contributed by atoms with E-state index in [-0.39, 0.29) is 36.8 Å². The minimum Gasteiger partial charge on any atom is -0.497 e. The van der Waals surface area contributed by atoms with Crippen molar-refractivity contribution in [2.24, 2.45) is 11.8 Å². The van der Waals surface area contributed by atoms with E-state index in [0.717, 1.165) is 39.7 Å². The van der Waals surface area contributed by atoms with E-state index in [2.05, 4.69) is 36.2 Å². The molecule has 4 amide bonds. The number of fused-ring (bicyclic) bond motifs is 5. The van der Waals surface area contributed by atoms with Crippen LogP contribution < -0.4 is 20.1 Å². The van der Waals surface area contributed by atoms with Crippen LogP contribution in [-0.2, 0) is 19.1 Å². The lowest BCUT2D eigenvalue weighted by molar-refractivity contribution is -0.136. The molecule has 3 aromatic carbocycles. The van der Waals surface area contributed by atoms with Gasteiger partial charge in [-0.15, -0.1) is 0 Å². The number of methoxy groups -OCH3 is 3. The Balaban J connectivity index is 1.04. The summed E-state index contributed by atoms with van der Waals surface area (Å²) in [6.07, 6.45) is 1.62. The number of hydrogen-bond acceptors (Lipinski definition) is 10. The highest BCUT2D eigenvalue weighted by Crippen LogP contribution is 2.49. The van der Waals surface area contributed by atoms with E-state index in [1.165, 1.54) is 19.1 Å². The fraction of sp³-hybridized carbons (Fsp3) is 0.400. The van der Waals surface area contributed by atoms with Crippen molar-refractivity contribution in [3.63, 3.8) is 0 Å². The minimum absolute atomic E-state index is 0.0542. The summed E-state index contributed by atoms with van der Waals surface area (Å²) in [6.45, 7) is 7.76. The van der Waals surface area contributed by atoms with Gasteiger partial charge in [-0.3, -0.25) is 9.59 Å². The van der Waals surface area contributed by atoms with Crippen LogP contribution in [0, 0.1) is 11.8 Å². The predicted molar refractivity (Wildman–Crippen MR) is 255 cm³/mol. The van der Waals surface area contributed by atoms with Crippen LogP contribution in [0.2, 0.25) is 5.02 Å². The number of imidazole rings is 2. The second-order valence-corrected chi connectivity index (χ2v) is 18.8. The molecule has 6 atom stereocenters. The lowest BCUT2D eigenvalue weighted by Gasteiger charge is -2.31. The predicted octanol–water partition coefficient (Wildman–Crippen LogP) is 8.73. The Morgan fingerprint density at radius 2 is 1.46 bits per heavy atom. The van der Waals surface area contributed by atoms with E-state index < -0.39 is 48.6 Å². The van der Waals surface area contributed by atoms with E-state index in [0.29, 0.717) is 58.1 Å². The topological polar surface area (TPSA) is 198 Å². The molecule has 0 spiro atoms. The third-order valence-electron chi connectivity index (χ3n) is 13.3. The summed E-state index contributed by atoms with van der Waals surface area (Å²) >= 11 is 7.28. The van der Waals surface area contributed by atoms with Crippen molar-refractivity contribution < 1.29 is 42.5 Å². The van der Waals surface area contributed by atoms with E-state index in [9.17, 15) is 19.2 Å². The number of aromatic nitrogens is 5. The van der Waals surface area contributed by atoms with Crippen LogP contribution in [0.15, 0.2) is 73.1 Å². The Bertz CT molecular complexity index is 2930. The first-order chi connectivity index (χ1) is 33.2. The normalized spacial score (nSPS) is 19.5. The monoisotopic (exact) mass is 963 g/mol. The SMILES string of the molecule is COC(=O)NC(C(=O)N1CCCC1c1ncc(-c2cc(Cl)c3c(c2)OC(c2cccc(OC)c2)n2c-3cc3cc(-c4cnc(C5CC(F)CN5C(=O)C(NC(=O)OC)C(C)C)[nH]4)ccc32)[nH]1)C(C)C. The van der Waals surface area contributed by atoms with Gasteiger partial charge in [-0.2, -0.15) is 0 Å². The van der Waals surface area contributed by atoms with Crippen LogP contribution in [0.1, 0.15) is 82.5 Å². The first kappa shape index (κ1) is 47.0. The average Bonchev–Trinajstić information content (AvgIpc) is 4.21. The summed E-state index contributed by atoms with van der Waals surface area (Å²) in [7, 11) is 4.11. The number of ether oxygens (including phenoxy) is 4. The summed E-state index contributed by atoms with van der Waals surface area (Å²) < 4.78 is 39.3. The standard InChI is InChI=1S/C50H55ClFN9O8/c1-25(2)42(57-49(64)67-6)46(62)59-15-9-12-37(59)44-53-23-35(56-44)29-18-33(51)41-38-19-30-16-27(13-14-36(30)61(38)48(69-40(41)20-29)28-10-8-11-32(17-28)66-5)34-22-54-45(55-34)39-21-31(52)24-60(39)47(63)43(26(3)4)58-50(65)68-7/h8,10-11,13-14,16-20,22-23,25-26,31,37,39,42-43,48H,9,12,15,21,24H2,1-7H3,(H,53,56)(H,54,55)(H,57,64)(H,58,65). The molecule has 4 N–H and O–H groups in total. The highest BCUT2D eigenvalue weighted by atomic mass is 35.5. The molecule has 362 valence electrons. The van der Waals surface area contributed by atoms with Crippen molar-refractivity contribution in [1.29, 1.82) is 0 Å². The van der Waals surface area contributed by atoms with Crippen LogP contribution >= 0.6 is 11.6 Å². The average molecular weight is 964 g/mol. The second-order valence-electron chi connectivity index (χ2n) is 18.4. The van der Waals surface area contributed by atoms with Gasteiger partial charge < -0.3 is 53.9 Å². The molecule has 6 aromatic rings. The number of carbonyl (C=O) groups is 4. The molecule has 0 bridgehead atoms. The second kappa shape index (κ2) is 19.1. The van der Waals surface area contributed by atoms with Crippen LogP contribution in [-0.4, -0.2) is 111 Å². The van der Waals surface area contributed by atoms with E-state index in [4.69, 9.17) is 35.5 Å². The molecule has 3 aliphatic rings. The van der Waals surface area contributed by atoms with Gasteiger partial charge in [-0.05, 0) is 67.1 Å². The van der Waals surface area contributed by atoms with Crippen LogP contribution in [0.4, 0.5) is 14.0 Å². The number of benzene rings is 3. The van der Waals surface area contributed by atoms with Gasteiger partial charge in [-0.25, -0.2) is 23.9 Å². The van der Waals surface area contributed by atoms with Gasteiger partial charge in [0.25, 0.3) is 0 Å². The first-order valence-corrected chi connectivity index (χ1v) is 23.4. The molecule has 6 unspecified atom stereocenters. The fourth-order valence-electron chi connectivity index (χ4n) is 9.78. The lowest BCUT2D eigenvalue weighted by Crippen LogP contribution is -2.51. The maximum atomic E-state index is 15.1. The van der Waals surface area contributed by atoms with Gasteiger partial charge in [0.2, 0.25) is 18.0 Å². The molecule has 2 fully saturated rings. The minimum atomic E-state index is -1.27. The molecule has 0 aliphatic carbocycles. The van der Waals surface area contributed by atoms with Gasteiger partial charge in [0.1, 0.15) is 41.4 Å². The zero-order valence-corrected chi connectivity index (χ0v) is 40.1. The summed E-state index contributed by atoms with van der Waals surface area (Å²) in [5, 5.41) is 6.63. The number of amides is 4. The number of aromatic amines is 2. The van der Waals surface area contributed by atoms with E-state index in [1.54, 1.807) is 38.3 Å².